The zero-order valence-electron chi connectivity index (χ0n) is 12.0. The number of rotatable bonds is 5. The summed E-state index contributed by atoms with van der Waals surface area (Å²) in [5.74, 6) is 5.43. The van der Waals surface area contributed by atoms with Gasteiger partial charge in [0.05, 0.1) is 11.4 Å². The fourth-order valence-electron chi connectivity index (χ4n) is 2.72. The van der Waals surface area contributed by atoms with E-state index in [2.05, 4.69) is 34.2 Å². The zero-order valence-corrected chi connectivity index (χ0v) is 12.0. The molecule has 5 heteroatoms. The molecule has 1 saturated heterocycles. The number of aromatic nitrogens is 1. The van der Waals surface area contributed by atoms with Crippen LogP contribution in [0.15, 0.2) is 18.3 Å². The molecule has 0 aromatic carbocycles. The molecule has 1 aromatic heterocycles. The van der Waals surface area contributed by atoms with Crippen LogP contribution < -0.4 is 11.3 Å². The van der Waals surface area contributed by atoms with Crippen molar-refractivity contribution in [3.63, 3.8) is 0 Å². The number of nitrogen functional groups attached to an aromatic ring is 1. The Kier molecular flexibility index (Phi) is 5.13. The van der Waals surface area contributed by atoms with Crippen LogP contribution in [-0.4, -0.2) is 47.5 Å². The Bertz CT molecular complexity index is 387. The third-order valence-electron chi connectivity index (χ3n) is 4.02. The van der Waals surface area contributed by atoms with E-state index in [-0.39, 0.29) is 0 Å². The number of nitrogens with two attached hydrogens (primary N) is 1. The van der Waals surface area contributed by atoms with Crippen molar-refractivity contribution in [1.29, 1.82) is 0 Å². The topological polar surface area (TPSA) is 57.4 Å². The first kappa shape index (κ1) is 14.2. The molecule has 0 atom stereocenters. The predicted molar refractivity (Wildman–Crippen MR) is 78.7 cm³/mol. The molecule has 0 unspecified atom stereocenters. The zero-order chi connectivity index (χ0) is 13.7. The van der Waals surface area contributed by atoms with Crippen LogP contribution >= 0.6 is 0 Å². The smallest absolute Gasteiger partial charge is 0.0564 e. The summed E-state index contributed by atoms with van der Waals surface area (Å²) in [5.41, 5.74) is 4.65. The van der Waals surface area contributed by atoms with E-state index in [4.69, 9.17) is 5.84 Å². The molecule has 19 heavy (non-hydrogen) atoms. The minimum absolute atomic E-state index is 0.666. The van der Waals surface area contributed by atoms with Crippen molar-refractivity contribution in [3.8, 4) is 0 Å². The van der Waals surface area contributed by atoms with E-state index in [1.807, 2.05) is 12.1 Å². The van der Waals surface area contributed by atoms with Gasteiger partial charge in [0.2, 0.25) is 0 Å². The molecular formula is C14H25N5. The molecule has 0 spiro atoms. The number of hydrazine groups is 1. The standard InChI is InChI=1S/C14H25N5/c1-3-19-8-5-14(6-9-19)18(2)11-13-10-12(17-15)4-7-16-13/h4,7,10,14H,3,5-6,8-9,11,15H2,1-2H3,(H,16,17). The van der Waals surface area contributed by atoms with Crippen molar-refractivity contribution < 1.29 is 0 Å². The molecule has 2 rings (SSSR count). The van der Waals surface area contributed by atoms with Gasteiger partial charge >= 0.3 is 0 Å². The molecule has 0 aliphatic carbocycles. The summed E-state index contributed by atoms with van der Waals surface area (Å²) in [7, 11) is 2.19. The Morgan fingerprint density at radius 1 is 1.47 bits per heavy atom. The highest BCUT2D eigenvalue weighted by molar-refractivity contribution is 5.41. The van der Waals surface area contributed by atoms with Gasteiger partial charge in [0, 0.05) is 18.8 Å². The summed E-state index contributed by atoms with van der Waals surface area (Å²) in [5, 5.41) is 0. The third kappa shape index (κ3) is 3.89. The average Bonchev–Trinajstić information content (AvgIpc) is 2.47. The molecule has 2 heterocycles. The van der Waals surface area contributed by atoms with Crippen LogP contribution in [0.3, 0.4) is 0 Å². The Balaban J connectivity index is 1.88. The van der Waals surface area contributed by atoms with Gasteiger partial charge in [0.15, 0.2) is 0 Å². The lowest BCUT2D eigenvalue weighted by Gasteiger charge is -2.36. The maximum absolute atomic E-state index is 5.43. The molecule has 0 saturated carbocycles. The number of piperidine rings is 1. The van der Waals surface area contributed by atoms with E-state index in [1.165, 1.54) is 32.5 Å². The maximum atomic E-state index is 5.43. The molecular weight excluding hydrogens is 238 g/mol. The van der Waals surface area contributed by atoms with Crippen LogP contribution in [0.25, 0.3) is 0 Å². The number of nitrogens with zero attached hydrogens (tertiary/aromatic N) is 3. The number of hydrogen-bond donors (Lipinski definition) is 2. The second-order valence-electron chi connectivity index (χ2n) is 5.26. The summed E-state index contributed by atoms with van der Waals surface area (Å²) < 4.78 is 0. The first-order chi connectivity index (χ1) is 9.22. The van der Waals surface area contributed by atoms with E-state index < -0.39 is 0 Å². The molecule has 0 bridgehead atoms. The summed E-state index contributed by atoms with van der Waals surface area (Å²) in [6.45, 7) is 6.71. The Labute approximate surface area is 115 Å². The van der Waals surface area contributed by atoms with Crippen LogP contribution in [0, 0.1) is 0 Å². The number of hydrogen-bond acceptors (Lipinski definition) is 5. The van der Waals surface area contributed by atoms with E-state index in [1.54, 1.807) is 6.20 Å². The predicted octanol–water partition coefficient (Wildman–Crippen LogP) is 1.28. The summed E-state index contributed by atoms with van der Waals surface area (Å²) in [4.78, 5) is 9.33. The second-order valence-corrected chi connectivity index (χ2v) is 5.26. The average molecular weight is 263 g/mol. The Hall–Kier alpha value is -1.17. The normalized spacial score (nSPS) is 17.9. The molecule has 0 amide bonds. The maximum Gasteiger partial charge on any atom is 0.0564 e. The SMILES string of the molecule is CCN1CCC(N(C)Cc2cc(NN)ccn2)CC1. The van der Waals surface area contributed by atoms with Crippen LogP contribution in [0.2, 0.25) is 0 Å². The lowest BCUT2D eigenvalue weighted by atomic mass is 10.0. The minimum Gasteiger partial charge on any atom is -0.324 e. The van der Waals surface area contributed by atoms with Gasteiger partial charge in [-0.1, -0.05) is 6.92 Å². The van der Waals surface area contributed by atoms with Crippen LogP contribution in [-0.2, 0) is 6.54 Å². The van der Waals surface area contributed by atoms with E-state index >= 15 is 0 Å². The van der Waals surface area contributed by atoms with Gasteiger partial charge in [-0.2, -0.15) is 0 Å². The molecule has 1 aliphatic heterocycles. The van der Waals surface area contributed by atoms with Crippen molar-refractivity contribution in [3.05, 3.63) is 24.0 Å². The summed E-state index contributed by atoms with van der Waals surface area (Å²) in [6, 6.07) is 4.56. The van der Waals surface area contributed by atoms with E-state index in [0.29, 0.717) is 6.04 Å². The largest absolute Gasteiger partial charge is 0.324 e. The molecule has 5 nitrogen and oxygen atoms in total. The first-order valence-electron chi connectivity index (χ1n) is 7.07. The van der Waals surface area contributed by atoms with Crippen LogP contribution in [0.5, 0.6) is 0 Å². The van der Waals surface area contributed by atoms with Crippen molar-refractivity contribution in [1.82, 2.24) is 14.8 Å². The van der Waals surface area contributed by atoms with Crippen molar-refractivity contribution in [2.75, 3.05) is 32.1 Å². The highest BCUT2D eigenvalue weighted by atomic mass is 15.2. The number of anilines is 1. The van der Waals surface area contributed by atoms with Gasteiger partial charge in [-0.05, 0) is 51.7 Å². The molecule has 1 aromatic rings. The number of likely N-dealkylation sites (tertiary alicyclic amines) is 1. The monoisotopic (exact) mass is 263 g/mol. The molecule has 1 fully saturated rings. The first-order valence-corrected chi connectivity index (χ1v) is 7.07. The van der Waals surface area contributed by atoms with Gasteiger partial charge in [0.1, 0.15) is 0 Å². The van der Waals surface area contributed by atoms with Crippen LogP contribution in [0.1, 0.15) is 25.5 Å². The number of nitrogens with one attached hydrogen (secondary N) is 1. The fourth-order valence-corrected chi connectivity index (χ4v) is 2.72. The van der Waals surface area contributed by atoms with Gasteiger partial charge < -0.3 is 10.3 Å². The minimum atomic E-state index is 0.666. The van der Waals surface area contributed by atoms with E-state index in [0.717, 1.165) is 17.9 Å². The quantitative estimate of drug-likeness (QED) is 0.619. The summed E-state index contributed by atoms with van der Waals surface area (Å²) in [6.07, 6.45) is 4.30. The summed E-state index contributed by atoms with van der Waals surface area (Å²) >= 11 is 0. The van der Waals surface area contributed by atoms with Gasteiger partial charge in [-0.25, -0.2) is 0 Å². The fraction of sp³-hybridized carbons (Fsp3) is 0.643. The highest BCUT2D eigenvalue weighted by Crippen LogP contribution is 2.17. The lowest BCUT2D eigenvalue weighted by molar-refractivity contribution is 0.126. The molecule has 3 N–H and O–H groups in total. The Morgan fingerprint density at radius 2 is 2.21 bits per heavy atom. The molecule has 0 radical (unpaired) electrons. The van der Waals surface area contributed by atoms with Gasteiger partial charge in [0.25, 0.3) is 0 Å². The van der Waals surface area contributed by atoms with Crippen molar-refractivity contribution in [2.24, 2.45) is 5.84 Å². The van der Waals surface area contributed by atoms with Gasteiger partial charge in [-0.3, -0.25) is 15.7 Å². The second kappa shape index (κ2) is 6.84. The van der Waals surface area contributed by atoms with Gasteiger partial charge in [-0.15, -0.1) is 0 Å². The van der Waals surface area contributed by atoms with Crippen LogP contribution in [0.4, 0.5) is 5.69 Å². The molecule has 106 valence electrons. The van der Waals surface area contributed by atoms with Crippen molar-refractivity contribution >= 4 is 5.69 Å². The molecule has 1 aliphatic rings. The third-order valence-corrected chi connectivity index (χ3v) is 4.02. The Morgan fingerprint density at radius 3 is 2.84 bits per heavy atom. The van der Waals surface area contributed by atoms with E-state index in [9.17, 15) is 0 Å². The lowest BCUT2D eigenvalue weighted by Crippen LogP contribution is -2.43. The number of pyridine rings is 1. The van der Waals surface area contributed by atoms with Crippen molar-refractivity contribution in [2.45, 2.75) is 32.4 Å². The highest BCUT2D eigenvalue weighted by Gasteiger charge is 2.21.